The van der Waals surface area contributed by atoms with Gasteiger partial charge in [-0.3, -0.25) is 15.6 Å². The standard InChI is InChI=1S/C19H13F3N4O/c20-19(21,22)16-11-13(12-23)3-8-17(16)24-25-18(27)14-4-6-15(7-5-14)26-9-1-2-10-26/h1-11,24H,(H,25,27). The number of hydrogen-bond donors (Lipinski definition) is 2. The number of nitriles is 1. The van der Waals surface area contributed by atoms with Crippen LogP contribution < -0.4 is 10.9 Å². The minimum atomic E-state index is -4.67. The maximum absolute atomic E-state index is 13.1. The first-order chi connectivity index (χ1) is 12.9. The number of benzene rings is 2. The van der Waals surface area contributed by atoms with E-state index in [1.165, 1.54) is 6.07 Å². The molecule has 0 atom stereocenters. The van der Waals surface area contributed by atoms with Crippen molar-refractivity contribution in [2.24, 2.45) is 0 Å². The summed E-state index contributed by atoms with van der Waals surface area (Å²) in [6.45, 7) is 0. The lowest BCUT2D eigenvalue weighted by Gasteiger charge is -2.15. The minimum absolute atomic E-state index is 0.125. The van der Waals surface area contributed by atoms with Crippen LogP contribution in [0.1, 0.15) is 21.5 Å². The topological polar surface area (TPSA) is 69.8 Å². The SMILES string of the molecule is N#Cc1ccc(NNC(=O)c2ccc(-n3cccc3)cc2)c(C(F)(F)F)c1. The second-order valence-corrected chi connectivity index (χ2v) is 5.59. The molecule has 8 heteroatoms. The van der Waals surface area contributed by atoms with Crippen molar-refractivity contribution in [3.63, 3.8) is 0 Å². The van der Waals surface area contributed by atoms with Gasteiger partial charge in [0.25, 0.3) is 5.91 Å². The van der Waals surface area contributed by atoms with E-state index in [1.807, 2.05) is 29.1 Å². The van der Waals surface area contributed by atoms with Gasteiger partial charge in [0.2, 0.25) is 0 Å². The molecule has 2 N–H and O–H groups in total. The third kappa shape index (κ3) is 4.10. The Hall–Kier alpha value is -3.73. The van der Waals surface area contributed by atoms with Gasteiger partial charge < -0.3 is 4.57 Å². The van der Waals surface area contributed by atoms with E-state index in [9.17, 15) is 18.0 Å². The lowest BCUT2D eigenvalue weighted by Crippen LogP contribution is -2.30. The number of halogens is 3. The number of hydrazine groups is 1. The Bertz CT molecular complexity index is 987. The molecule has 0 saturated carbocycles. The van der Waals surface area contributed by atoms with Gasteiger partial charge >= 0.3 is 6.18 Å². The zero-order chi connectivity index (χ0) is 19.4. The van der Waals surface area contributed by atoms with Gasteiger partial charge in [-0.05, 0) is 54.6 Å². The van der Waals surface area contributed by atoms with Crippen LogP contribution in [0, 0.1) is 11.3 Å². The van der Waals surface area contributed by atoms with Crippen molar-refractivity contribution in [3.8, 4) is 11.8 Å². The second-order valence-electron chi connectivity index (χ2n) is 5.59. The maximum atomic E-state index is 13.1. The minimum Gasteiger partial charge on any atom is -0.324 e. The number of carbonyl (C=O) groups is 1. The third-order valence-electron chi connectivity index (χ3n) is 3.80. The van der Waals surface area contributed by atoms with E-state index < -0.39 is 17.6 Å². The Balaban J connectivity index is 1.73. The molecule has 0 bridgehead atoms. The van der Waals surface area contributed by atoms with Crippen LogP contribution in [0.25, 0.3) is 5.69 Å². The van der Waals surface area contributed by atoms with Gasteiger partial charge in [0.15, 0.2) is 0 Å². The summed E-state index contributed by atoms with van der Waals surface area (Å²) in [6.07, 6.45) is -0.973. The van der Waals surface area contributed by atoms with Crippen LogP contribution in [0.2, 0.25) is 0 Å². The predicted molar refractivity (Wildman–Crippen MR) is 93.0 cm³/mol. The van der Waals surface area contributed by atoms with Gasteiger partial charge in [-0.1, -0.05) is 0 Å². The Morgan fingerprint density at radius 1 is 1.04 bits per heavy atom. The molecule has 1 aromatic heterocycles. The first-order valence-corrected chi connectivity index (χ1v) is 7.79. The summed E-state index contributed by atoms with van der Waals surface area (Å²) < 4.78 is 41.2. The highest BCUT2D eigenvalue weighted by molar-refractivity contribution is 5.95. The summed E-state index contributed by atoms with van der Waals surface area (Å²) in [5.74, 6) is -0.591. The lowest BCUT2D eigenvalue weighted by molar-refractivity contribution is -0.137. The van der Waals surface area contributed by atoms with Crippen LogP contribution in [0.4, 0.5) is 18.9 Å². The lowest BCUT2D eigenvalue weighted by atomic mass is 10.1. The van der Waals surface area contributed by atoms with E-state index in [0.29, 0.717) is 0 Å². The van der Waals surface area contributed by atoms with Crippen molar-refractivity contribution in [1.82, 2.24) is 9.99 Å². The molecule has 3 rings (SSSR count). The molecule has 0 radical (unpaired) electrons. The van der Waals surface area contributed by atoms with Gasteiger partial charge in [-0.25, -0.2) is 0 Å². The van der Waals surface area contributed by atoms with Crippen LogP contribution in [0.5, 0.6) is 0 Å². The zero-order valence-electron chi connectivity index (χ0n) is 13.8. The number of rotatable bonds is 4. The van der Waals surface area contributed by atoms with Crippen LogP contribution in [0.15, 0.2) is 67.0 Å². The summed E-state index contributed by atoms with van der Waals surface area (Å²) in [4.78, 5) is 12.2. The molecule has 27 heavy (non-hydrogen) atoms. The number of hydrogen-bond acceptors (Lipinski definition) is 3. The molecular formula is C19H13F3N4O. The van der Waals surface area contributed by atoms with Crippen LogP contribution >= 0.6 is 0 Å². The molecule has 1 heterocycles. The van der Waals surface area contributed by atoms with Crippen molar-refractivity contribution in [2.45, 2.75) is 6.18 Å². The second kappa shape index (κ2) is 7.25. The number of alkyl halides is 3. The fraction of sp³-hybridized carbons (Fsp3) is 0.0526. The number of aromatic nitrogens is 1. The van der Waals surface area contributed by atoms with E-state index in [-0.39, 0.29) is 16.8 Å². The van der Waals surface area contributed by atoms with Crippen molar-refractivity contribution in [1.29, 1.82) is 5.26 Å². The summed E-state index contributed by atoms with van der Waals surface area (Å²) in [7, 11) is 0. The zero-order valence-corrected chi connectivity index (χ0v) is 13.8. The maximum Gasteiger partial charge on any atom is 0.418 e. The summed E-state index contributed by atoms with van der Waals surface area (Å²) in [5.41, 5.74) is 4.13. The number of nitrogens with one attached hydrogen (secondary N) is 2. The fourth-order valence-corrected chi connectivity index (χ4v) is 2.45. The number of nitrogens with zero attached hydrogens (tertiary/aromatic N) is 2. The first kappa shape index (κ1) is 18.1. The van der Waals surface area contributed by atoms with E-state index >= 15 is 0 Å². The predicted octanol–water partition coefficient (Wildman–Crippen LogP) is 4.12. The average Bonchev–Trinajstić information content (AvgIpc) is 3.20. The Labute approximate surface area is 152 Å². The Kier molecular flexibility index (Phi) is 4.86. The molecule has 0 unspecified atom stereocenters. The number of carbonyl (C=O) groups excluding carboxylic acids is 1. The molecule has 0 spiro atoms. The molecule has 0 saturated heterocycles. The molecule has 136 valence electrons. The largest absolute Gasteiger partial charge is 0.418 e. The molecule has 0 aliphatic rings. The molecule has 3 aromatic rings. The highest BCUT2D eigenvalue weighted by Crippen LogP contribution is 2.35. The molecular weight excluding hydrogens is 357 g/mol. The molecule has 1 amide bonds. The van der Waals surface area contributed by atoms with E-state index in [2.05, 4.69) is 10.9 Å². The third-order valence-corrected chi connectivity index (χ3v) is 3.80. The quantitative estimate of drug-likeness (QED) is 0.679. The van der Waals surface area contributed by atoms with Crippen molar-refractivity contribution < 1.29 is 18.0 Å². The summed E-state index contributed by atoms with van der Waals surface area (Å²) in [6, 6.07) is 15.0. The Morgan fingerprint density at radius 3 is 2.30 bits per heavy atom. The van der Waals surface area contributed by atoms with Crippen LogP contribution in [0.3, 0.4) is 0 Å². The smallest absolute Gasteiger partial charge is 0.324 e. The number of anilines is 1. The Morgan fingerprint density at radius 2 is 1.70 bits per heavy atom. The van der Waals surface area contributed by atoms with Gasteiger partial charge in [-0.15, -0.1) is 0 Å². The van der Waals surface area contributed by atoms with E-state index in [1.54, 1.807) is 30.3 Å². The molecule has 0 aliphatic carbocycles. The van der Waals surface area contributed by atoms with Crippen molar-refractivity contribution >= 4 is 11.6 Å². The molecule has 0 aliphatic heterocycles. The molecule has 5 nitrogen and oxygen atoms in total. The van der Waals surface area contributed by atoms with E-state index in [0.717, 1.165) is 17.8 Å². The van der Waals surface area contributed by atoms with Gasteiger partial charge in [-0.2, -0.15) is 18.4 Å². The summed E-state index contributed by atoms with van der Waals surface area (Å²) in [5, 5.41) is 8.77. The summed E-state index contributed by atoms with van der Waals surface area (Å²) >= 11 is 0. The first-order valence-electron chi connectivity index (χ1n) is 7.79. The average molecular weight is 370 g/mol. The van der Waals surface area contributed by atoms with Crippen molar-refractivity contribution in [3.05, 3.63) is 83.7 Å². The molecule has 0 fully saturated rings. The normalized spacial score (nSPS) is 10.9. The highest BCUT2D eigenvalue weighted by Gasteiger charge is 2.34. The van der Waals surface area contributed by atoms with Crippen LogP contribution in [-0.4, -0.2) is 10.5 Å². The highest BCUT2D eigenvalue weighted by atomic mass is 19.4. The van der Waals surface area contributed by atoms with E-state index in [4.69, 9.17) is 5.26 Å². The van der Waals surface area contributed by atoms with Gasteiger partial charge in [0, 0.05) is 23.6 Å². The van der Waals surface area contributed by atoms with Crippen LogP contribution in [-0.2, 0) is 6.18 Å². The fourth-order valence-electron chi connectivity index (χ4n) is 2.45. The van der Waals surface area contributed by atoms with Gasteiger partial charge in [0.05, 0.1) is 22.9 Å². The van der Waals surface area contributed by atoms with Crippen molar-refractivity contribution in [2.75, 3.05) is 5.43 Å². The monoisotopic (exact) mass is 370 g/mol. The number of amides is 1. The molecule has 2 aromatic carbocycles. The van der Waals surface area contributed by atoms with Gasteiger partial charge in [0.1, 0.15) is 0 Å².